The van der Waals surface area contributed by atoms with Crippen molar-refractivity contribution in [3.05, 3.63) is 223 Å². The highest BCUT2D eigenvalue weighted by Gasteiger charge is 2.22. The van der Waals surface area contributed by atoms with Gasteiger partial charge in [0.25, 0.3) is 0 Å². The fourth-order valence-electron chi connectivity index (χ4n) is 9.68. The van der Waals surface area contributed by atoms with Gasteiger partial charge in [-0.1, -0.05) is 127 Å². The normalized spacial score (nSPS) is 11.6. The minimum atomic E-state index is 0.465. The quantitative estimate of drug-likeness (QED) is 0.156. The first-order valence-corrected chi connectivity index (χ1v) is 20.3. The van der Waals surface area contributed by atoms with Gasteiger partial charge < -0.3 is 13.7 Å². The molecule has 5 heteroatoms. The molecule has 0 atom stereocenters. The van der Waals surface area contributed by atoms with Gasteiger partial charge in [0.2, 0.25) is 0 Å². The van der Waals surface area contributed by atoms with Gasteiger partial charge in [0.1, 0.15) is 0 Å². The number of hydrogen-bond acceptors (Lipinski definition) is 0. The largest absolute Gasteiger partial charge is 0.309 e. The number of nitrogens with zero attached hydrogens (tertiary/aromatic N) is 5. The van der Waals surface area contributed by atoms with E-state index >= 15 is 0 Å². The SMILES string of the molecule is [C-]#[N+]c1cccc([N+]#[C-])c1-c1ccc(-n2c3ccc(-n4c5ccccc5c5ccccc54)cc3c3cc(-n4c5ccccc5c5ccccc54)ccc32)c(-c2ccccc2)c1. The maximum absolute atomic E-state index is 7.99. The Morgan fingerprint density at radius 1 is 0.311 bits per heavy atom. The van der Waals surface area contributed by atoms with Crippen LogP contribution in [0.1, 0.15) is 0 Å². The average Bonchev–Trinajstić information content (AvgIpc) is 3.96. The second-order valence-electron chi connectivity index (χ2n) is 15.5. The van der Waals surface area contributed by atoms with E-state index in [4.69, 9.17) is 13.1 Å². The van der Waals surface area contributed by atoms with Crippen LogP contribution in [0.25, 0.3) is 114 Å². The third kappa shape index (κ3) is 5.12. The molecule has 12 rings (SSSR count). The van der Waals surface area contributed by atoms with E-state index in [1.807, 2.05) is 6.07 Å². The Kier molecular flexibility index (Phi) is 7.59. The molecule has 3 aromatic heterocycles. The van der Waals surface area contributed by atoms with E-state index < -0.39 is 0 Å². The average molecular weight is 776 g/mol. The zero-order valence-electron chi connectivity index (χ0n) is 32.8. The van der Waals surface area contributed by atoms with E-state index in [0.717, 1.165) is 77.6 Å². The Hall–Kier alpha value is -8.64. The minimum Gasteiger partial charge on any atom is -0.309 e. The van der Waals surface area contributed by atoms with Crippen molar-refractivity contribution < 1.29 is 0 Å². The molecule has 0 fully saturated rings. The summed E-state index contributed by atoms with van der Waals surface area (Å²) in [4.78, 5) is 7.69. The summed E-state index contributed by atoms with van der Waals surface area (Å²) in [6, 6.07) is 70.5. The number of para-hydroxylation sites is 4. The Morgan fingerprint density at radius 2 is 0.738 bits per heavy atom. The van der Waals surface area contributed by atoms with Gasteiger partial charge in [0, 0.05) is 49.3 Å². The summed E-state index contributed by atoms with van der Waals surface area (Å²) < 4.78 is 7.16. The topological polar surface area (TPSA) is 23.5 Å². The minimum absolute atomic E-state index is 0.465. The van der Waals surface area contributed by atoms with E-state index in [2.05, 4.69) is 199 Å². The molecule has 0 radical (unpaired) electrons. The molecule has 0 aliphatic heterocycles. The zero-order valence-corrected chi connectivity index (χ0v) is 32.8. The van der Waals surface area contributed by atoms with Gasteiger partial charge in [-0.25, -0.2) is 9.69 Å². The van der Waals surface area contributed by atoms with Crippen LogP contribution in [-0.4, -0.2) is 13.7 Å². The lowest BCUT2D eigenvalue weighted by molar-refractivity contribution is 1.16. The molecule has 0 aliphatic rings. The van der Waals surface area contributed by atoms with E-state index in [0.29, 0.717) is 16.9 Å². The summed E-state index contributed by atoms with van der Waals surface area (Å²) in [5, 5.41) is 7.17. The van der Waals surface area contributed by atoms with Crippen LogP contribution in [0, 0.1) is 13.1 Å². The number of rotatable bonds is 5. The van der Waals surface area contributed by atoms with Crippen molar-refractivity contribution in [2.45, 2.75) is 0 Å². The lowest BCUT2D eigenvalue weighted by Crippen LogP contribution is -1.99. The Labute approximate surface area is 351 Å². The van der Waals surface area contributed by atoms with Crippen molar-refractivity contribution in [1.29, 1.82) is 0 Å². The van der Waals surface area contributed by atoms with Gasteiger partial charge in [0.05, 0.1) is 51.9 Å². The predicted molar refractivity (Wildman–Crippen MR) is 253 cm³/mol. The summed E-state index contributed by atoms with van der Waals surface area (Å²) >= 11 is 0. The van der Waals surface area contributed by atoms with Crippen LogP contribution in [0.5, 0.6) is 0 Å². The Morgan fingerprint density at radius 3 is 1.20 bits per heavy atom. The first-order valence-electron chi connectivity index (χ1n) is 20.3. The molecule has 0 spiro atoms. The van der Waals surface area contributed by atoms with E-state index in [1.54, 1.807) is 18.2 Å². The zero-order chi connectivity index (χ0) is 40.6. The Balaban J connectivity index is 1.18. The van der Waals surface area contributed by atoms with Crippen molar-refractivity contribution in [1.82, 2.24) is 13.7 Å². The fourth-order valence-corrected chi connectivity index (χ4v) is 9.68. The number of aromatic nitrogens is 3. The molecule has 0 aliphatic carbocycles. The Bertz CT molecular complexity index is 3540. The first-order chi connectivity index (χ1) is 30.2. The van der Waals surface area contributed by atoms with Gasteiger partial charge in [-0.3, -0.25) is 0 Å². The molecule has 0 unspecified atom stereocenters. The molecule has 3 heterocycles. The molecule has 282 valence electrons. The molecule has 5 nitrogen and oxygen atoms in total. The first kappa shape index (κ1) is 34.4. The molecular weight excluding hydrogens is 743 g/mol. The van der Waals surface area contributed by atoms with Crippen molar-refractivity contribution in [2.75, 3.05) is 0 Å². The summed E-state index contributed by atoms with van der Waals surface area (Å²) in [5.74, 6) is 0. The van der Waals surface area contributed by atoms with Crippen LogP contribution in [0.2, 0.25) is 0 Å². The van der Waals surface area contributed by atoms with Gasteiger partial charge in [-0.15, -0.1) is 0 Å². The van der Waals surface area contributed by atoms with Crippen LogP contribution in [0.3, 0.4) is 0 Å². The molecule has 0 saturated carbocycles. The van der Waals surface area contributed by atoms with Crippen LogP contribution >= 0.6 is 0 Å². The highest BCUT2D eigenvalue weighted by Crippen LogP contribution is 2.44. The highest BCUT2D eigenvalue weighted by molar-refractivity contribution is 6.14. The molecule has 0 N–H and O–H groups in total. The van der Waals surface area contributed by atoms with E-state index in [9.17, 15) is 0 Å². The predicted octanol–water partition coefficient (Wildman–Crippen LogP) is 15.4. The molecule has 9 aromatic carbocycles. The standard InChI is InChI=1S/C56H33N5/c1-57-47-21-14-22-48(58-2)56(47)37-27-30-53(44(33-37)36-15-4-3-5-16-36)61-54-31-28-38(59-49-23-10-6-17-40(49)41-18-7-11-24-50(41)59)34-45(54)46-35-39(29-32-55(46)61)60-51-25-12-8-19-42(51)43-20-9-13-26-52(43)60/h3-35H. The summed E-state index contributed by atoms with van der Waals surface area (Å²) in [6.07, 6.45) is 0. The number of fused-ring (bicyclic) bond motifs is 9. The lowest BCUT2D eigenvalue weighted by atomic mass is 9.95. The molecule has 12 aromatic rings. The van der Waals surface area contributed by atoms with Gasteiger partial charge in [0.15, 0.2) is 11.4 Å². The van der Waals surface area contributed by atoms with Crippen molar-refractivity contribution in [3.63, 3.8) is 0 Å². The van der Waals surface area contributed by atoms with Gasteiger partial charge >= 0.3 is 0 Å². The molecular formula is C56H33N5. The summed E-state index contributed by atoms with van der Waals surface area (Å²) in [7, 11) is 0. The summed E-state index contributed by atoms with van der Waals surface area (Å²) in [6.45, 7) is 16.0. The third-order valence-electron chi connectivity index (χ3n) is 12.3. The molecule has 0 bridgehead atoms. The lowest BCUT2D eigenvalue weighted by Gasteiger charge is -2.17. The van der Waals surface area contributed by atoms with Gasteiger partial charge in [-0.05, 0) is 89.5 Å². The maximum Gasteiger partial charge on any atom is 0.184 e. The fraction of sp³-hybridized carbons (Fsp3) is 0. The number of benzene rings is 9. The summed E-state index contributed by atoms with van der Waals surface area (Å²) in [5.41, 5.74) is 14.5. The smallest absolute Gasteiger partial charge is 0.184 e. The second-order valence-corrected chi connectivity index (χ2v) is 15.5. The monoisotopic (exact) mass is 775 g/mol. The van der Waals surface area contributed by atoms with Gasteiger partial charge in [-0.2, -0.15) is 0 Å². The van der Waals surface area contributed by atoms with Crippen molar-refractivity contribution >= 4 is 76.8 Å². The third-order valence-corrected chi connectivity index (χ3v) is 12.3. The highest BCUT2D eigenvalue weighted by atomic mass is 15.0. The van der Waals surface area contributed by atoms with E-state index in [1.165, 1.54) is 21.5 Å². The maximum atomic E-state index is 7.99. The van der Waals surface area contributed by atoms with Crippen LogP contribution < -0.4 is 0 Å². The van der Waals surface area contributed by atoms with Crippen LogP contribution in [-0.2, 0) is 0 Å². The molecule has 61 heavy (non-hydrogen) atoms. The van der Waals surface area contributed by atoms with Crippen LogP contribution in [0.4, 0.5) is 11.4 Å². The number of hydrogen-bond donors (Lipinski definition) is 0. The second kappa shape index (κ2) is 13.5. The van der Waals surface area contributed by atoms with Crippen molar-refractivity contribution in [2.24, 2.45) is 0 Å². The van der Waals surface area contributed by atoms with Crippen LogP contribution in [0.15, 0.2) is 200 Å². The van der Waals surface area contributed by atoms with E-state index in [-0.39, 0.29) is 0 Å². The molecule has 0 saturated heterocycles. The van der Waals surface area contributed by atoms with Crippen molar-refractivity contribution in [3.8, 4) is 39.3 Å². The molecule has 0 amide bonds.